The molecule has 0 heterocycles. The van der Waals surface area contributed by atoms with E-state index < -0.39 is 0 Å². The van der Waals surface area contributed by atoms with Crippen molar-refractivity contribution in [3.8, 4) is 12.3 Å². The second kappa shape index (κ2) is 4.30. The highest BCUT2D eigenvalue weighted by Crippen LogP contribution is 2.15. The van der Waals surface area contributed by atoms with Gasteiger partial charge >= 0.3 is 0 Å². The lowest BCUT2D eigenvalue weighted by Gasteiger charge is -2.00. The predicted octanol–water partition coefficient (Wildman–Crippen LogP) is 2.23. The molecule has 0 aromatic heterocycles. The van der Waals surface area contributed by atoms with Crippen LogP contribution < -0.4 is 0 Å². The highest BCUT2D eigenvalue weighted by atomic mass is 16.1. The van der Waals surface area contributed by atoms with Gasteiger partial charge in [0.1, 0.15) is 5.94 Å². The van der Waals surface area contributed by atoms with Gasteiger partial charge in [0, 0.05) is 6.42 Å². The summed E-state index contributed by atoms with van der Waals surface area (Å²) in [6, 6.07) is 7.67. The maximum atomic E-state index is 10.5. The summed E-state index contributed by atoms with van der Waals surface area (Å²) in [5, 5.41) is 0. The zero-order chi connectivity index (χ0) is 9.68. The number of allylic oxidation sites excluding steroid dienone is 1. The molecule has 0 saturated heterocycles. The van der Waals surface area contributed by atoms with E-state index in [9.17, 15) is 4.79 Å². The molecule has 1 heteroatoms. The fraction of sp³-hybridized carbons (Fsp3) is 0.167. The number of hydrogen-bond donors (Lipinski definition) is 0. The van der Waals surface area contributed by atoms with Gasteiger partial charge in [-0.05, 0) is 12.5 Å². The molecule has 0 aliphatic heterocycles. The van der Waals surface area contributed by atoms with Gasteiger partial charge in [-0.2, -0.15) is 0 Å². The Labute approximate surface area is 78.1 Å². The van der Waals surface area contributed by atoms with Crippen LogP contribution in [0.15, 0.2) is 24.3 Å². The van der Waals surface area contributed by atoms with Gasteiger partial charge in [0.25, 0.3) is 0 Å². The Balaban J connectivity index is 3.08. The summed E-state index contributed by atoms with van der Waals surface area (Å²) < 4.78 is 0. The van der Waals surface area contributed by atoms with E-state index in [1.165, 1.54) is 0 Å². The average molecular weight is 170 g/mol. The Hall–Kier alpha value is -1.77. The smallest absolute Gasteiger partial charge is 0.129 e. The minimum absolute atomic E-state index is 0.340. The van der Waals surface area contributed by atoms with Crippen molar-refractivity contribution in [2.24, 2.45) is 0 Å². The van der Waals surface area contributed by atoms with Crippen LogP contribution in [0.25, 0.3) is 5.57 Å². The SMILES string of the molecule is C#CCC(=C=O)c1cccc(C)c1. The van der Waals surface area contributed by atoms with Crippen molar-refractivity contribution in [2.75, 3.05) is 0 Å². The zero-order valence-electron chi connectivity index (χ0n) is 7.50. The first-order valence-corrected chi connectivity index (χ1v) is 4.02. The average Bonchev–Trinajstić information content (AvgIpc) is 2.14. The monoisotopic (exact) mass is 170 g/mol. The van der Waals surface area contributed by atoms with E-state index in [-0.39, 0.29) is 0 Å². The van der Waals surface area contributed by atoms with Crippen LogP contribution in [0.5, 0.6) is 0 Å². The molecule has 0 amide bonds. The lowest BCUT2D eigenvalue weighted by atomic mass is 10.0. The van der Waals surface area contributed by atoms with Gasteiger partial charge in [-0.25, -0.2) is 4.79 Å². The summed E-state index contributed by atoms with van der Waals surface area (Å²) >= 11 is 0. The molecule has 64 valence electrons. The zero-order valence-corrected chi connectivity index (χ0v) is 7.50. The quantitative estimate of drug-likeness (QED) is 0.491. The van der Waals surface area contributed by atoms with Gasteiger partial charge in [-0.3, -0.25) is 0 Å². The Morgan fingerprint density at radius 2 is 2.31 bits per heavy atom. The van der Waals surface area contributed by atoms with Gasteiger partial charge in [0.05, 0.1) is 5.57 Å². The van der Waals surface area contributed by atoms with Crippen LogP contribution >= 0.6 is 0 Å². The molecule has 1 aromatic rings. The van der Waals surface area contributed by atoms with Crippen molar-refractivity contribution < 1.29 is 4.79 Å². The van der Waals surface area contributed by atoms with E-state index in [1.807, 2.05) is 37.1 Å². The van der Waals surface area contributed by atoms with Crippen LogP contribution in [0, 0.1) is 19.3 Å². The summed E-state index contributed by atoms with van der Waals surface area (Å²) in [4.78, 5) is 10.5. The fourth-order valence-corrected chi connectivity index (χ4v) is 1.13. The van der Waals surface area contributed by atoms with Gasteiger partial charge in [0.15, 0.2) is 0 Å². The maximum absolute atomic E-state index is 10.5. The van der Waals surface area contributed by atoms with Gasteiger partial charge in [-0.1, -0.05) is 29.8 Å². The molecule has 0 fully saturated rings. The van der Waals surface area contributed by atoms with Gasteiger partial charge in [0.2, 0.25) is 0 Å². The van der Waals surface area contributed by atoms with Crippen molar-refractivity contribution >= 4 is 11.5 Å². The minimum Gasteiger partial charge on any atom is -0.233 e. The van der Waals surface area contributed by atoms with Crippen LogP contribution in [0.1, 0.15) is 17.5 Å². The van der Waals surface area contributed by atoms with Gasteiger partial charge in [-0.15, -0.1) is 12.3 Å². The number of rotatable bonds is 2. The molecule has 0 radical (unpaired) electrons. The van der Waals surface area contributed by atoms with E-state index in [0.29, 0.717) is 12.0 Å². The molecule has 0 atom stereocenters. The highest BCUT2D eigenvalue weighted by Gasteiger charge is 2.00. The van der Waals surface area contributed by atoms with Crippen molar-refractivity contribution in [3.05, 3.63) is 35.4 Å². The van der Waals surface area contributed by atoms with Crippen LogP contribution in [-0.2, 0) is 4.79 Å². The molecule has 0 spiro atoms. The van der Waals surface area contributed by atoms with Gasteiger partial charge < -0.3 is 0 Å². The summed E-state index contributed by atoms with van der Waals surface area (Å²) in [5.41, 5.74) is 2.53. The molecular weight excluding hydrogens is 160 g/mol. The first kappa shape index (κ1) is 9.32. The van der Waals surface area contributed by atoms with Crippen LogP contribution in [0.4, 0.5) is 0 Å². The van der Waals surface area contributed by atoms with E-state index in [2.05, 4.69) is 5.92 Å². The highest BCUT2D eigenvalue weighted by molar-refractivity contribution is 5.88. The topological polar surface area (TPSA) is 17.1 Å². The number of benzene rings is 1. The summed E-state index contributed by atoms with van der Waals surface area (Å²) in [5.74, 6) is 4.31. The number of terminal acetylenes is 1. The Morgan fingerprint density at radius 1 is 1.54 bits per heavy atom. The molecule has 0 aliphatic rings. The summed E-state index contributed by atoms with van der Waals surface area (Å²) in [6.07, 6.45) is 5.47. The van der Waals surface area contributed by atoms with Crippen LogP contribution in [0.3, 0.4) is 0 Å². The molecule has 13 heavy (non-hydrogen) atoms. The molecule has 0 unspecified atom stereocenters. The molecule has 1 nitrogen and oxygen atoms in total. The first-order valence-electron chi connectivity index (χ1n) is 4.02. The van der Waals surface area contributed by atoms with Crippen LogP contribution in [0.2, 0.25) is 0 Å². The third-order valence-electron chi connectivity index (χ3n) is 1.77. The Morgan fingerprint density at radius 3 is 2.85 bits per heavy atom. The maximum Gasteiger partial charge on any atom is 0.129 e. The molecule has 0 saturated carbocycles. The van der Waals surface area contributed by atoms with E-state index in [4.69, 9.17) is 6.42 Å². The molecule has 1 aromatic carbocycles. The molecule has 0 aliphatic carbocycles. The van der Waals surface area contributed by atoms with Crippen molar-refractivity contribution in [2.45, 2.75) is 13.3 Å². The normalized spacial score (nSPS) is 8.62. The first-order chi connectivity index (χ1) is 6.27. The second-order valence-corrected chi connectivity index (χ2v) is 2.83. The number of hydrogen-bond acceptors (Lipinski definition) is 1. The summed E-state index contributed by atoms with van der Waals surface area (Å²) in [6.45, 7) is 1.97. The molecule has 0 bridgehead atoms. The molecule has 1 rings (SSSR count). The van der Waals surface area contributed by atoms with Crippen molar-refractivity contribution in [1.82, 2.24) is 0 Å². The summed E-state index contributed by atoms with van der Waals surface area (Å²) in [7, 11) is 0. The third-order valence-corrected chi connectivity index (χ3v) is 1.77. The third kappa shape index (κ3) is 2.33. The lowest BCUT2D eigenvalue weighted by Crippen LogP contribution is -1.85. The predicted molar refractivity (Wildman–Crippen MR) is 53.7 cm³/mol. The fourth-order valence-electron chi connectivity index (χ4n) is 1.13. The molecular formula is C12H10O. The lowest BCUT2D eigenvalue weighted by molar-refractivity contribution is 0.569. The molecule has 0 N–H and O–H groups in total. The largest absolute Gasteiger partial charge is 0.233 e. The number of carbonyl (C=O) groups excluding carboxylic acids is 1. The van der Waals surface area contributed by atoms with E-state index in [1.54, 1.807) is 0 Å². The minimum atomic E-state index is 0.340. The number of aryl methyl sites for hydroxylation is 1. The second-order valence-electron chi connectivity index (χ2n) is 2.83. The van der Waals surface area contributed by atoms with E-state index >= 15 is 0 Å². The standard InChI is InChI=1S/C12H10O/c1-3-5-12(9-13)11-7-4-6-10(2)8-11/h1,4,6-8H,5H2,2H3. The van der Waals surface area contributed by atoms with Crippen molar-refractivity contribution in [3.63, 3.8) is 0 Å². The van der Waals surface area contributed by atoms with Crippen LogP contribution in [-0.4, -0.2) is 5.94 Å². The van der Waals surface area contributed by atoms with E-state index in [0.717, 1.165) is 11.1 Å². The Kier molecular flexibility index (Phi) is 3.09. The Bertz CT molecular complexity index is 390. The van der Waals surface area contributed by atoms with Crippen molar-refractivity contribution in [1.29, 1.82) is 0 Å².